The van der Waals surface area contributed by atoms with Crippen LogP contribution in [-0.2, 0) is 0 Å². The van der Waals surface area contributed by atoms with Crippen LogP contribution in [0.5, 0.6) is 0 Å². The Balaban J connectivity index is 2.44. The third kappa shape index (κ3) is 3.46. The first-order chi connectivity index (χ1) is 9.38. The lowest BCUT2D eigenvalue weighted by atomic mass is 9.83. The van der Waals surface area contributed by atoms with Gasteiger partial charge in [-0.3, -0.25) is 5.10 Å². The monoisotopic (exact) mass is 291 g/mol. The molecule has 4 nitrogen and oxygen atoms in total. The van der Waals surface area contributed by atoms with Gasteiger partial charge in [-0.25, -0.2) is 4.98 Å². The number of nitrogens with zero attached hydrogens (tertiary/aromatic N) is 2. The molecule has 2 N–H and O–H groups in total. The lowest BCUT2D eigenvalue weighted by Gasteiger charge is -2.27. The molecule has 2 rings (SSSR count). The predicted octanol–water partition coefficient (Wildman–Crippen LogP) is 3.41. The number of benzene rings is 1. The quantitative estimate of drug-likeness (QED) is 0.911. The van der Waals surface area contributed by atoms with Gasteiger partial charge in [0.25, 0.3) is 0 Å². The van der Waals surface area contributed by atoms with Crippen molar-refractivity contribution < 1.29 is 5.11 Å². The molecule has 2 aromatic rings. The van der Waals surface area contributed by atoms with Crippen molar-refractivity contribution in [2.24, 2.45) is 5.41 Å². The fourth-order valence-electron chi connectivity index (χ4n) is 1.82. The van der Waals surface area contributed by atoms with Crippen LogP contribution in [0.2, 0.25) is 5.02 Å². The Labute approximate surface area is 123 Å². The lowest BCUT2D eigenvalue weighted by molar-refractivity contribution is 0.114. The number of rotatable bonds is 3. The first-order valence-corrected chi connectivity index (χ1v) is 6.77. The van der Waals surface area contributed by atoms with E-state index in [9.17, 15) is 5.11 Å². The van der Waals surface area contributed by atoms with E-state index in [2.05, 4.69) is 15.2 Å². The SMILES string of the molecule is CC(C)(C)C(O)/C(=C/c1ccc(Cl)cc1)c1nc[nH]n1. The van der Waals surface area contributed by atoms with E-state index in [0.29, 0.717) is 16.4 Å². The Bertz CT molecular complexity index is 583. The van der Waals surface area contributed by atoms with Gasteiger partial charge >= 0.3 is 0 Å². The van der Waals surface area contributed by atoms with Gasteiger partial charge in [0.1, 0.15) is 6.33 Å². The van der Waals surface area contributed by atoms with E-state index < -0.39 is 6.10 Å². The Morgan fingerprint density at radius 2 is 1.95 bits per heavy atom. The number of hydrogen-bond donors (Lipinski definition) is 2. The van der Waals surface area contributed by atoms with Gasteiger partial charge < -0.3 is 5.11 Å². The fraction of sp³-hybridized carbons (Fsp3) is 0.333. The fourth-order valence-corrected chi connectivity index (χ4v) is 1.94. The summed E-state index contributed by atoms with van der Waals surface area (Å²) in [7, 11) is 0. The molecule has 0 amide bonds. The molecular weight excluding hydrogens is 274 g/mol. The minimum atomic E-state index is -0.672. The van der Waals surface area contributed by atoms with Crippen LogP contribution >= 0.6 is 11.6 Å². The average molecular weight is 292 g/mol. The van der Waals surface area contributed by atoms with Crippen molar-refractivity contribution in [3.8, 4) is 0 Å². The molecule has 0 spiro atoms. The largest absolute Gasteiger partial charge is 0.388 e. The second-order valence-electron chi connectivity index (χ2n) is 5.74. The van der Waals surface area contributed by atoms with Gasteiger partial charge in [-0.1, -0.05) is 44.5 Å². The van der Waals surface area contributed by atoms with Crippen molar-refractivity contribution >= 4 is 23.3 Å². The molecule has 1 unspecified atom stereocenters. The van der Waals surface area contributed by atoms with E-state index in [1.807, 2.05) is 51.1 Å². The summed E-state index contributed by atoms with van der Waals surface area (Å²) in [6.07, 6.45) is 2.71. The zero-order valence-electron chi connectivity index (χ0n) is 11.8. The second-order valence-corrected chi connectivity index (χ2v) is 6.18. The zero-order valence-corrected chi connectivity index (χ0v) is 12.5. The van der Waals surface area contributed by atoms with Crippen molar-refractivity contribution in [1.29, 1.82) is 0 Å². The van der Waals surface area contributed by atoms with Crippen molar-refractivity contribution in [1.82, 2.24) is 15.2 Å². The zero-order chi connectivity index (χ0) is 14.8. The number of aromatic amines is 1. The highest BCUT2D eigenvalue weighted by molar-refractivity contribution is 6.30. The highest BCUT2D eigenvalue weighted by Crippen LogP contribution is 2.31. The van der Waals surface area contributed by atoms with Crippen LogP contribution < -0.4 is 0 Å². The van der Waals surface area contributed by atoms with Gasteiger partial charge in [0.2, 0.25) is 0 Å². The average Bonchev–Trinajstić information content (AvgIpc) is 2.90. The summed E-state index contributed by atoms with van der Waals surface area (Å²) in [5, 5.41) is 18.0. The van der Waals surface area contributed by atoms with Crippen LogP contribution in [0.15, 0.2) is 30.6 Å². The second kappa shape index (κ2) is 5.77. The lowest BCUT2D eigenvalue weighted by Crippen LogP contribution is -2.27. The van der Waals surface area contributed by atoms with E-state index in [1.165, 1.54) is 6.33 Å². The van der Waals surface area contributed by atoms with Gasteiger partial charge in [0, 0.05) is 10.6 Å². The van der Waals surface area contributed by atoms with Gasteiger partial charge in [-0.15, -0.1) is 0 Å². The first kappa shape index (κ1) is 14.8. The molecule has 0 aliphatic carbocycles. The maximum Gasteiger partial charge on any atom is 0.179 e. The van der Waals surface area contributed by atoms with Gasteiger partial charge in [-0.05, 0) is 29.2 Å². The van der Waals surface area contributed by atoms with Crippen molar-refractivity contribution in [2.45, 2.75) is 26.9 Å². The number of hydrogen-bond acceptors (Lipinski definition) is 3. The summed E-state index contributed by atoms with van der Waals surface area (Å²) in [4.78, 5) is 4.14. The van der Waals surface area contributed by atoms with Crippen LogP contribution in [-0.4, -0.2) is 26.4 Å². The van der Waals surface area contributed by atoms with Crippen LogP contribution in [0, 0.1) is 5.41 Å². The van der Waals surface area contributed by atoms with Crippen molar-refractivity contribution in [3.63, 3.8) is 0 Å². The Morgan fingerprint density at radius 3 is 2.45 bits per heavy atom. The molecule has 0 saturated carbocycles. The molecule has 0 aliphatic heterocycles. The maximum absolute atomic E-state index is 10.5. The van der Waals surface area contributed by atoms with Crippen LogP contribution in [0.25, 0.3) is 11.6 Å². The number of aromatic nitrogens is 3. The summed E-state index contributed by atoms with van der Waals surface area (Å²) in [6, 6.07) is 7.41. The molecule has 0 saturated heterocycles. The molecule has 1 heterocycles. The molecule has 0 radical (unpaired) electrons. The molecule has 0 fully saturated rings. The molecule has 1 atom stereocenters. The van der Waals surface area contributed by atoms with Crippen molar-refractivity contribution in [3.05, 3.63) is 47.0 Å². The first-order valence-electron chi connectivity index (χ1n) is 6.39. The summed E-state index contributed by atoms with van der Waals surface area (Å²) >= 11 is 5.88. The number of H-pyrrole nitrogens is 1. The Kier molecular flexibility index (Phi) is 4.26. The van der Waals surface area contributed by atoms with Crippen molar-refractivity contribution in [2.75, 3.05) is 0 Å². The molecule has 20 heavy (non-hydrogen) atoms. The third-order valence-electron chi connectivity index (χ3n) is 2.98. The topological polar surface area (TPSA) is 61.8 Å². The van der Waals surface area contributed by atoms with Gasteiger partial charge in [-0.2, -0.15) is 5.10 Å². The number of aliphatic hydroxyl groups excluding tert-OH is 1. The van der Waals surface area contributed by atoms with Crippen LogP contribution in [0.4, 0.5) is 0 Å². The predicted molar refractivity (Wildman–Crippen MR) is 81.2 cm³/mol. The highest BCUT2D eigenvalue weighted by atomic mass is 35.5. The highest BCUT2D eigenvalue weighted by Gasteiger charge is 2.28. The molecule has 106 valence electrons. The summed E-state index contributed by atoms with van der Waals surface area (Å²) in [6.45, 7) is 5.92. The summed E-state index contributed by atoms with van der Waals surface area (Å²) in [5.41, 5.74) is 1.32. The summed E-state index contributed by atoms with van der Waals surface area (Å²) < 4.78 is 0. The van der Waals surface area contributed by atoms with E-state index in [-0.39, 0.29) is 5.41 Å². The van der Waals surface area contributed by atoms with Crippen LogP contribution in [0.3, 0.4) is 0 Å². The minimum Gasteiger partial charge on any atom is -0.388 e. The van der Waals surface area contributed by atoms with E-state index >= 15 is 0 Å². The molecular formula is C15H18ClN3O. The number of aliphatic hydroxyl groups is 1. The third-order valence-corrected chi connectivity index (χ3v) is 3.23. The molecule has 5 heteroatoms. The Morgan fingerprint density at radius 1 is 1.30 bits per heavy atom. The molecule has 0 bridgehead atoms. The standard InChI is InChI=1S/C15H18ClN3O/c1-15(2,3)13(20)12(14-17-9-18-19-14)8-10-4-6-11(16)7-5-10/h4-9,13,20H,1-3H3,(H,17,18,19)/b12-8-. The molecule has 1 aromatic carbocycles. The van der Waals surface area contributed by atoms with E-state index in [4.69, 9.17) is 11.6 Å². The molecule has 0 aliphatic rings. The van der Waals surface area contributed by atoms with Gasteiger partial charge in [0.15, 0.2) is 5.82 Å². The minimum absolute atomic E-state index is 0.307. The van der Waals surface area contributed by atoms with Crippen LogP contribution in [0.1, 0.15) is 32.2 Å². The number of halogens is 1. The van der Waals surface area contributed by atoms with Gasteiger partial charge in [0.05, 0.1) is 6.10 Å². The smallest absolute Gasteiger partial charge is 0.179 e. The van der Waals surface area contributed by atoms with E-state index in [1.54, 1.807) is 0 Å². The maximum atomic E-state index is 10.5. The Hall–Kier alpha value is -1.65. The number of nitrogens with one attached hydrogen (secondary N) is 1. The summed E-state index contributed by atoms with van der Waals surface area (Å²) in [5.74, 6) is 0.502. The normalized spacial score (nSPS) is 14.3. The van der Waals surface area contributed by atoms with E-state index in [0.717, 1.165) is 5.56 Å². The molecule has 1 aromatic heterocycles.